The minimum atomic E-state index is -3.28. The monoisotopic (exact) mass is 1840 g/mol. The summed E-state index contributed by atoms with van der Waals surface area (Å²) >= 11 is 0. The number of esters is 2. The molecule has 0 radical (unpaired) electrons. The van der Waals surface area contributed by atoms with E-state index in [2.05, 4.69) is 145 Å². The summed E-state index contributed by atoms with van der Waals surface area (Å²) in [6.45, 7) is 80.9. The van der Waals surface area contributed by atoms with Gasteiger partial charge in [0.15, 0.2) is 11.6 Å². The number of hydrogen-bond acceptors (Lipinski definition) is 19. The van der Waals surface area contributed by atoms with Gasteiger partial charge in [-0.2, -0.15) is 8.42 Å². The second kappa shape index (κ2) is 79.8. The normalized spacial score (nSPS) is 13.7. The molecule has 1 saturated heterocycles. The smallest absolute Gasteiger partial charge is 0.306 e. The van der Waals surface area contributed by atoms with Crippen LogP contribution in [0.2, 0.25) is 0 Å². The van der Waals surface area contributed by atoms with Crippen LogP contribution in [-0.4, -0.2) is 168 Å². The van der Waals surface area contributed by atoms with Gasteiger partial charge in [-0.1, -0.05) is 179 Å². The number of carbonyl (C=O) groups excluding carboxylic acids is 9. The number of carboxylic acids is 1. The molecule has 27 heteroatoms. The highest BCUT2D eigenvalue weighted by molar-refractivity contribution is 7.89. The second-order valence-corrected chi connectivity index (χ2v) is 44.7. The minimum Gasteiger partial charge on any atom is -0.481 e. The van der Waals surface area contributed by atoms with Crippen molar-refractivity contribution in [1.82, 2.24) is 25.6 Å². The highest BCUT2D eigenvalue weighted by Gasteiger charge is 2.40. The average molecular weight is 1850 g/mol. The molecular weight excluding hydrogens is 1640 g/mol. The topological polar surface area (TPSA) is 379 Å². The van der Waals surface area contributed by atoms with Gasteiger partial charge in [-0.25, -0.2) is 13.1 Å². The van der Waals surface area contributed by atoms with Crippen molar-refractivity contribution in [2.45, 2.75) is 485 Å². The Morgan fingerprint density at radius 1 is 0.437 bits per heavy atom. The van der Waals surface area contributed by atoms with Crippen molar-refractivity contribution < 1.29 is 93.8 Å². The van der Waals surface area contributed by atoms with Gasteiger partial charge in [0.1, 0.15) is 11.7 Å². The van der Waals surface area contributed by atoms with E-state index in [1.165, 1.54) is 4.90 Å². The lowest BCUT2D eigenvalue weighted by Crippen LogP contribution is -2.38. The number of imide groups is 1. The van der Waals surface area contributed by atoms with Crippen molar-refractivity contribution in [3.8, 4) is 0 Å². The summed E-state index contributed by atoms with van der Waals surface area (Å²) in [6.07, 6.45) is 15.7. The highest BCUT2D eigenvalue weighted by Crippen LogP contribution is 2.28. The third-order valence-electron chi connectivity index (χ3n) is 17.7. The lowest BCUT2D eigenvalue weighted by Gasteiger charge is -2.24. The zero-order valence-electron chi connectivity index (χ0n) is 88.3. The van der Waals surface area contributed by atoms with E-state index in [-0.39, 0.29) is 137 Å². The Morgan fingerprint density at radius 3 is 1.15 bits per heavy atom. The summed E-state index contributed by atoms with van der Waals surface area (Å²) in [7, 11) is -6.30. The zero-order valence-corrected chi connectivity index (χ0v) is 89.9. The Balaban J connectivity index is -0.000000173. The zero-order chi connectivity index (χ0) is 101. The van der Waals surface area contributed by atoms with Crippen molar-refractivity contribution in [1.29, 1.82) is 0 Å². The molecule has 1 aliphatic heterocycles. The molecule has 4 unspecified atom stereocenters. The van der Waals surface area contributed by atoms with E-state index in [9.17, 15) is 75.0 Å². The van der Waals surface area contributed by atoms with Crippen molar-refractivity contribution in [3.05, 3.63) is 0 Å². The number of hydrogen-bond donors (Lipinski definition) is 7. The van der Waals surface area contributed by atoms with Gasteiger partial charge >= 0.3 is 17.9 Å². The van der Waals surface area contributed by atoms with Crippen molar-refractivity contribution in [2.75, 3.05) is 11.5 Å². The van der Waals surface area contributed by atoms with Crippen LogP contribution < -0.4 is 20.7 Å². The first-order valence-electron chi connectivity index (χ1n) is 48.0. The number of rotatable bonds is 49. The Bertz CT molecular complexity index is 2910. The van der Waals surface area contributed by atoms with Crippen LogP contribution in [-0.2, 0) is 81.7 Å². The van der Waals surface area contributed by atoms with Crippen LogP contribution in [0.15, 0.2) is 0 Å². The van der Waals surface area contributed by atoms with E-state index in [1.807, 2.05) is 138 Å². The largest absolute Gasteiger partial charge is 0.481 e. The van der Waals surface area contributed by atoms with Gasteiger partial charge in [-0.05, 0) is 267 Å². The molecule has 754 valence electrons. The third-order valence-corrected chi connectivity index (χ3v) is 20.8. The molecule has 126 heavy (non-hydrogen) atoms. The molecule has 25 nitrogen and oxygen atoms in total. The quantitative estimate of drug-likeness (QED) is 0.0169. The molecule has 0 aromatic rings. The number of Topliss-reactive ketones (excluding diaryl/α,β-unsaturated/α-hetero) is 2. The molecule has 4 atom stereocenters. The number of amides is 5. The van der Waals surface area contributed by atoms with Crippen molar-refractivity contribution in [3.63, 3.8) is 0 Å². The molecule has 0 bridgehead atoms. The summed E-state index contributed by atoms with van der Waals surface area (Å²) in [5, 5.41) is 36.4. The number of ether oxygens (including phenoxy) is 2. The van der Waals surface area contributed by atoms with E-state index in [0.717, 1.165) is 77.0 Å². The molecule has 0 aliphatic carbocycles. The van der Waals surface area contributed by atoms with Gasteiger partial charge in [-0.3, -0.25) is 57.0 Å². The minimum absolute atomic E-state index is 0.00375. The first-order valence-corrected chi connectivity index (χ1v) is 51.2. The van der Waals surface area contributed by atoms with Crippen LogP contribution in [0.4, 0.5) is 0 Å². The molecule has 0 spiro atoms. The summed E-state index contributed by atoms with van der Waals surface area (Å²) in [5.74, 6) is 4.48. The molecular formula is C99H201N5O20S2. The number of aliphatic carboxylic acids is 1. The molecule has 1 fully saturated rings. The lowest BCUT2D eigenvalue weighted by atomic mass is 9.86. The molecule has 0 aromatic carbocycles. The molecule has 1 heterocycles. The van der Waals surface area contributed by atoms with Crippen LogP contribution >= 0.6 is 0 Å². The Labute approximate surface area is 773 Å². The molecule has 0 saturated carbocycles. The predicted molar refractivity (Wildman–Crippen MR) is 522 cm³/mol. The van der Waals surface area contributed by atoms with Gasteiger partial charge in [0, 0.05) is 86.0 Å². The number of ketones is 2. The van der Waals surface area contributed by atoms with E-state index in [1.54, 1.807) is 20.8 Å². The first kappa shape index (κ1) is 139. The fraction of sp³-hybridized carbons (Fsp3) is 0.899. The number of likely N-dealkylation sites (tertiary alicyclic amines) is 1. The van der Waals surface area contributed by atoms with Crippen LogP contribution in [0.1, 0.15) is 425 Å². The summed E-state index contributed by atoms with van der Waals surface area (Å²) in [4.78, 5) is 114. The first-order chi connectivity index (χ1) is 57.2. The van der Waals surface area contributed by atoms with Gasteiger partial charge < -0.3 is 40.7 Å². The fourth-order valence-electron chi connectivity index (χ4n) is 11.5. The number of aliphatic hydroxyl groups is 2. The molecule has 5 amide bonds. The number of carboxylic acid groups (broad SMARTS) is 1. The molecule has 0 aromatic heterocycles. The standard InChI is InChI=1S/C11H21NO3.C11H19NO2.C11H22O2.C10H21NO.2C10H20O2.C9H21NO2S.C9H19NO.C9H20O3S.C9H18O2/c1-7(2)5-9(6-10(13)14)11(15)12-8(3)4;1-7(2)5-9-6-10(13)12(8(3)4)11(9)14;1-8(2)6-7-11(5,13)10(12)9(3)4;1-8(2)6-5-7-10(12)11-9(3)4;1-8(2)6-5-7-10(11)12-9(3)4;1-7(2)5-6-9(11)10(12)8(3)4;1-8(2)6-5-7-13(11,12)10-9(3)4;1-7(2)5-6-9(11)10-8(3)4;1-8(2)6-5-7-13(10,11)12-9(3)4;1-7(2)5-6-9(10)11-8(3)4/h7-9H,5-6H2,1-4H3,(H,12,15)(H,13,14);7-9H,5-6H2,1-4H3;8-9,13H,6-7H2,1-5H3;8-9H,5-7H2,1-4H3,(H,11,12);8-9H,5-7H2,1-4H3;7-9,11H,5-6H2,1-4H3;8-10H,5-7H2,1-4H3;7-8H,5-6H2,1-4H3,(H,10,11);8-9H,5-7H2,1-4H3;7-8H,5-6H2,1-4H3. The maximum Gasteiger partial charge on any atom is 0.306 e. The van der Waals surface area contributed by atoms with Gasteiger partial charge in [0.05, 0.1) is 36.2 Å². The summed E-state index contributed by atoms with van der Waals surface area (Å²) < 4.78 is 62.3. The third kappa shape index (κ3) is 104. The summed E-state index contributed by atoms with van der Waals surface area (Å²) in [5.41, 5.74) is -1.13. The van der Waals surface area contributed by atoms with Crippen LogP contribution in [0.25, 0.3) is 0 Å². The van der Waals surface area contributed by atoms with Gasteiger partial charge in [-0.15, -0.1) is 0 Å². The Morgan fingerprint density at radius 2 is 0.817 bits per heavy atom. The van der Waals surface area contributed by atoms with Crippen LogP contribution in [0.5, 0.6) is 0 Å². The molecule has 7 N–H and O–H groups in total. The van der Waals surface area contributed by atoms with E-state index in [4.69, 9.17) is 18.8 Å². The van der Waals surface area contributed by atoms with E-state index < -0.39 is 43.7 Å². The highest BCUT2D eigenvalue weighted by atomic mass is 32.2. The number of sulfonamides is 1. The second-order valence-electron chi connectivity index (χ2n) is 41.1. The lowest BCUT2D eigenvalue weighted by molar-refractivity contribution is -0.148. The number of nitrogens with zero attached hydrogens (tertiary/aromatic N) is 1. The SMILES string of the molecule is CC(C)CC(CC(=O)O)C(=O)NC(C)C.CC(C)CC1CC(=O)N(C(C)C)C1=O.CC(C)CCC(=O)NC(C)C.CC(C)CCC(=O)OC(C)C.CC(C)CCC(C)(O)C(=O)C(C)C.CC(C)CCC(O)C(=O)C(C)C.CC(C)CCCC(=O)NC(C)C.CC(C)CCCC(=O)OC(C)C.CC(C)CCCS(=O)(=O)NC(C)C.CC(C)CCCS(=O)(=O)OC(C)C. The van der Waals surface area contributed by atoms with E-state index in [0.29, 0.717) is 117 Å². The Hall–Kier alpha value is -4.96. The maximum absolute atomic E-state index is 11.8. The average Bonchev–Trinajstić information content (AvgIpc) is 1.67. The fourth-order valence-corrected chi connectivity index (χ4v) is 14.1. The van der Waals surface area contributed by atoms with Crippen molar-refractivity contribution >= 4 is 79.2 Å². The summed E-state index contributed by atoms with van der Waals surface area (Å²) in [6, 6.07) is 0.614. The van der Waals surface area contributed by atoms with Gasteiger partial charge in [0.2, 0.25) is 39.6 Å². The maximum atomic E-state index is 11.8. The number of carbonyl (C=O) groups is 10. The van der Waals surface area contributed by atoms with Crippen LogP contribution in [0.3, 0.4) is 0 Å². The molecule has 1 aliphatic rings. The van der Waals surface area contributed by atoms with Gasteiger partial charge in [0.25, 0.3) is 10.1 Å². The predicted octanol–water partition coefficient (Wildman–Crippen LogP) is 21.2. The van der Waals surface area contributed by atoms with Crippen molar-refractivity contribution in [2.24, 2.45) is 82.9 Å². The number of nitrogens with one attached hydrogen (secondary N) is 4. The number of aliphatic hydroxyl groups excluding tert-OH is 1. The molecule has 1 rings (SSSR count). The van der Waals surface area contributed by atoms with Crippen LogP contribution in [0, 0.1) is 82.9 Å². The van der Waals surface area contributed by atoms with E-state index >= 15 is 0 Å². The Kier molecular flexibility index (Phi) is 87.9.